The molecular formula is C23H30O7. The molecule has 2 rings (SSSR count). The Hall–Kier alpha value is -2.77. The zero-order valence-corrected chi connectivity index (χ0v) is 18.3. The van der Waals surface area contributed by atoms with E-state index in [0.717, 1.165) is 0 Å². The van der Waals surface area contributed by atoms with Crippen molar-refractivity contribution in [2.24, 2.45) is 5.41 Å². The third-order valence-electron chi connectivity index (χ3n) is 5.24. The Kier molecular flexibility index (Phi) is 7.70. The molecule has 0 saturated carbocycles. The van der Waals surface area contributed by atoms with E-state index in [2.05, 4.69) is 0 Å². The molecular weight excluding hydrogens is 388 g/mol. The molecule has 0 aliphatic rings. The molecule has 0 aliphatic carbocycles. The Balaban J connectivity index is 2.28. The minimum absolute atomic E-state index is 0.241. The summed E-state index contributed by atoms with van der Waals surface area (Å²) in [6.45, 7) is 5.74. The highest BCUT2D eigenvalue weighted by Crippen LogP contribution is 2.35. The number of aliphatic hydroxyl groups excluding tert-OH is 2. The van der Waals surface area contributed by atoms with Gasteiger partial charge in [0.2, 0.25) is 6.29 Å². The number of methoxy groups -OCH3 is 3. The standard InChI is InChI=1S/C23H30O7/c1-7-23(2,3)22(26)30-17-11-9-15(13-19(17)29-6)21(25)20(24)14-8-10-16(27-4)18(12-14)28-5/h8-13,20,22,24,26H,7H2,1-6H3. The van der Waals surface area contributed by atoms with Crippen LogP contribution in [0.2, 0.25) is 0 Å². The van der Waals surface area contributed by atoms with Crippen molar-refractivity contribution in [3.8, 4) is 23.0 Å². The normalized spacial score (nSPS) is 13.3. The van der Waals surface area contributed by atoms with Crippen molar-refractivity contribution in [2.75, 3.05) is 21.3 Å². The van der Waals surface area contributed by atoms with Gasteiger partial charge < -0.3 is 29.2 Å². The molecule has 2 unspecified atom stereocenters. The lowest BCUT2D eigenvalue weighted by atomic mass is 9.89. The van der Waals surface area contributed by atoms with Gasteiger partial charge in [0.15, 0.2) is 28.8 Å². The van der Waals surface area contributed by atoms with E-state index in [4.69, 9.17) is 18.9 Å². The summed E-state index contributed by atoms with van der Waals surface area (Å²) in [5.74, 6) is 0.991. The van der Waals surface area contributed by atoms with Crippen LogP contribution in [0, 0.1) is 5.41 Å². The molecule has 2 atom stereocenters. The summed E-state index contributed by atoms with van der Waals surface area (Å²) in [5.41, 5.74) is 0.158. The number of carbonyl (C=O) groups is 1. The molecule has 0 aromatic heterocycles. The lowest BCUT2D eigenvalue weighted by Gasteiger charge is -2.29. The summed E-state index contributed by atoms with van der Waals surface area (Å²) in [4.78, 5) is 12.8. The maximum absolute atomic E-state index is 12.8. The average Bonchev–Trinajstić information content (AvgIpc) is 2.77. The molecule has 0 bridgehead atoms. The fourth-order valence-electron chi connectivity index (χ4n) is 2.70. The summed E-state index contributed by atoms with van der Waals surface area (Å²) in [6.07, 6.45) is -1.73. The topological polar surface area (TPSA) is 94.5 Å². The summed E-state index contributed by atoms with van der Waals surface area (Å²) in [7, 11) is 4.43. The van der Waals surface area contributed by atoms with Crippen LogP contribution in [0.5, 0.6) is 23.0 Å². The zero-order chi connectivity index (χ0) is 22.5. The first-order valence-corrected chi connectivity index (χ1v) is 9.65. The van der Waals surface area contributed by atoms with Gasteiger partial charge in [-0.15, -0.1) is 0 Å². The zero-order valence-electron chi connectivity index (χ0n) is 18.3. The van der Waals surface area contributed by atoms with Gasteiger partial charge in [-0.25, -0.2) is 0 Å². The van der Waals surface area contributed by atoms with E-state index < -0.39 is 23.6 Å². The summed E-state index contributed by atoms with van der Waals surface area (Å²) < 4.78 is 21.4. The largest absolute Gasteiger partial charge is 0.493 e. The Bertz CT molecular complexity index is 876. The van der Waals surface area contributed by atoms with Gasteiger partial charge in [0.1, 0.15) is 6.10 Å². The van der Waals surface area contributed by atoms with Gasteiger partial charge in [0, 0.05) is 11.0 Å². The van der Waals surface area contributed by atoms with Crippen molar-refractivity contribution in [3.63, 3.8) is 0 Å². The fraction of sp³-hybridized carbons (Fsp3) is 0.435. The van der Waals surface area contributed by atoms with Crippen LogP contribution in [0.3, 0.4) is 0 Å². The molecule has 2 aromatic rings. The number of benzene rings is 2. The number of ether oxygens (including phenoxy) is 4. The Morgan fingerprint density at radius 1 is 0.900 bits per heavy atom. The number of rotatable bonds is 10. The van der Waals surface area contributed by atoms with E-state index in [1.165, 1.54) is 33.5 Å². The van der Waals surface area contributed by atoms with Crippen molar-refractivity contribution in [2.45, 2.75) is 39.6 Å². The minimum Gasteiger partial charge on any atom is -0.493 e. The first-order chi connectivity index (χ1) is 14.2. The highest BCUT2D eigenvalue weighted by atomic mass is 16.6. The van der Waals surface area contributed by atoms with Gasteiger partial charge >= 0.3 is 0 Å². The number of hydrogen-bond donors (Lipinski definition) is 2. The summed E-state index contributed by atoms with van der Waals surface area (Å²) in [5, 5.41) is 20.9. The number of Topliss-reactive ketones (excluding diaryl/α,β-unsaturated/α-hetero) is 1. The van der Waals surface area contributed by atoms with Gasteiger partial charge in [-0.3, -0.25) is 4.79 Å². The highest BCUT2D eigenvalue weighted by molar-refractivity contribution is 6.00. The maximum Gasteiger partial charge on any atom is 0.202 e. The quantitative estimate of drug-likeness (QED) is 0.448. The highest BCUT2D eigenvalue weighted by Gasteiger charge is 2.29. The fourth-order valence-corrected chi connectivity index (χ4v) is 2.70. The van der Waals surface area contributed by atoms with Crippen molar-refractivity contribution in [1.29, 1.82) is 0 Å². The van der Waals surface area contributed by atoms with Crippen molar-refractivity contribution < 1.29 is 34.0 Å². The van der Waals surface area contributed by atoms with E-state index in [0.29, 0.717) is 29.2 Å². The average molecular weight is 418 g/mol. The molecule has 0 heterocycles. The molecule has 0 aliphatic heterocycles. The lowest BCUT2D eigenvalue weighted by molar-refractivity contribution is -0.103. The van der Waals surface area contributed by atoms with E-state index in [9.17, 15) is 15.0 Å². The van der Waals surface area contributed by atoms with Crippen molar-refractivity contribution in [3.05, 3.63) is 47.5 Å². The van der Waals surface area contributed by atoms with Crippen LogP contribution in [0.15, 0.2) is 36.4 Å². The van der Waals surface area contributed by atoms with Crippen LogP contribution in [0.1, 0.15) is 49.2 Å². The van der Waals surface area contributed by atoms with Gasteiger partial charge in [0.05, 0.1) is 21.3 Å². The van der Waals surface area contributed by atoms with E-state index in [-0.39, 0.29) is 11.3 Å². The van der Waals surface area contributed by atoms with Gasteiger partial charge in [-0.2, -0.15) is 0 Å². The number of ketones is 1. The maximum atomic E-state index is 12.8. The van der Waals surface area contributed by atoms with E-state index in [1.54, 1.807) is 24.3 Å². The Labute approximate surface area is 177 Å². The molecule has 0 amide bonds. The van der Waals surface area contributed by atoms with Gasteiger partial charge in [-0.1, -0.05) is 26.8 Å². The third kappa shape index (κ3) is 5.04. The monoisotopic (exact) mass is 418 g/mol. The SMILES string of the molecule is CCC(C)(C)C(O)Oc1ccc(C(=O)C(O)c2ccc(OC)c(OC)c2)cc1OC. The Morgan fingerprint density at radius 2 is 1.47 bits per heavy atom. The second-order valence-corrected chi connectivity index (χ2v) is 7.56. The van der Waals surface area contributed by atoms with Crippen molar-refractivity contribution >= 4 is 5.78 Å². The molecule has 0 radical (unpaired) electrons. The first-order valence-electron chi connectivity index (χ1n) is 9.65. The first kappa shape index (κ1) is 23.5. The predicted molar refractivity (Wildman–Crippen MR) is 113 cm³/mol. The van der Waals surface area contributed by atoms with Crippen LogP contribution in [-0.2, 0) is 0 Å². The van der Waals surface area contributed by atoms with Crippen LogP contribution in [-0.4, -0.2) is 43.6 Å². The summed E-state index contributed by atoms with van der Waals surface area (Å²) >= 11 is 0. The molecule has 7 heteroatoms. The number of aliphatic hydroxyl groups is 2. The smallest absolute Gasteiger partial charge is 0.202 e. The molecule has 2 N–H and O–H groups in total. The second-order valence-electron chi connectivity index (χ2n) is 7.56. The van der Waals surface area contributed by atoms with Crippen LogP contribution < -0.4 is 18.9 Å². The number of carbonyl (C=O) groups excluding carboxylic acids is 1. The molecule has 164 valence electrons. The van der Waals surface area contributed by atoms with Crippen molar-refractivity contribution in [1.82, 2.24) is 0 Å². The molecule has 2 aromatic carbocycles. The summed E-state index contributed by atoms with van der Waals surface area (Å²) in [6, 6.07) is 9.33. The number of hydrogen-bond acceptors (Lipinski definition) is 7. The van der Waals surface area contributed by atoms with E-state index in [1.807, 2.05) is 20.8 Å². The molecule has 0 fully saturated rings. The van der Waals surface area contributed by atoms with Gasteiger partial charge in [0.25, 0.3) is 0 Å². The predicted octanol–water partition coefficient (Wildman–Crippen LogP) is 3.76. The molecule has 0 saturated heterocycles. The van der Waals surface area contributed by atoms with Crippen LogP contribution in [0.25, 0.3) is 0 Å². The van der Waals surface area contributed by atoms with Crippen LogP contribution in [0.4, 0.5) is 0 Å². The Morgan fingerprint density at radius 3 is 2.03 bits per heavy atom. The molecule has 7 nitrogen and oxygen atoms in total. The minimum atomic E-state index is -1.40. The molecule has 30 heavy (non-hydrogen) atoms. The lowest BCUT2D eigenvalue weighted by Crippen LogP contribution is -2.33. The molecule has 0 spiro atoms. The van der Waals surface area contributed by atoms with E-state index >= 15 is 0 Å². The van der Waals surface area contributed by atoms with Gasteiger partial charge in [-0.05, 0) is 42.3 Å². The third-order valence-corrected chi connectivity index (χ3v) is 5.24. The van der Waals surface area contributed by atoms with Crippen LogP contribution >= 0.6 is 0 Å². The second kappa shape index (κ2) is 9.82.